The summed E-state index contributed by atoms with van der Waals surface area (Å²) in [5.41, 5.74) is 3.40. The van der Waals surface area contributed by atoms with Gasteiger partial charge in [-0.25, -0.2) is 8.42 Å². The Kier molecular flexibility index (Phi) is 6.92. The summed E-state index contributed by atoms with van der Waals surface area (Å²) in [6.07, 6.45) is 0.716. The summed E-state index contributed by atoms with van der Waals surface area (Å²) in [5.74, 6) is -0.00262. The number of anilines is 1. The van der Waals surface area contributed by atoms with Crippen LogP contribution in [0.25, 0.3) is 0 Å². The maximum absolute atomic E-state index is 12.7. The van der Waals surface area contributed by atoms with Crippen molar-refractivity contribution in [1.82, 2.24) is 0 Å². The minimum absolute atomic E-state index is 0.0200. The van der Waals surface area contributed by atoms with Crippen molar-refractivity contribution in [3.8, 4) is 0 Å². The van der Waals surface area contributed by atoms with Crippen LogP contribution in [-0.2, 0) is 26.7 Å². The van der Waals surface area contributed by atoms with Crippen LogP contribution in [0.1, 0.15) is 56.1 Å². The van der Waals surface area contributed by atoms with Crippen molar-refractivity contribution in [2.75, 3.05) is 18.0 Å². The molecule has 0 aliphatic carbocycles. The number of sulfone groups is 1. The highest BCUT2D eigenvalue weighted by Crippen LogP contribution is 2.23. The summed E-state index contributed by atoms with van der Waals surface area (Å²) in [5, 5.41) is 0. The monoisotopic (exact) mass is 443 g/mol. The molecule has 0 spiro atoms. The van der Waals surface area contributed by atoms with Crippen molar-refractivity contribution < 1.29 is 17.9 Å². The van der Waals surface area contributed by atoms with E-state index in [0.29, 0.717) is 17.5 Å². The van der Waals surface area contributed by atoms with Crippen molar-refractivity contribution in [2.24, 2.45) is 0 Å². The molecular weight excluding hydrogens is 410 g/mol. The first-order valence-electron chi connectivity index (χ1n) is 10.8. The molecule has 0 unspecified atom stereocenters. The van der Waals surface area contributed by atoms with Crippen LogP contribution < -0.4 is 4.90 Å². The van der Waals surface area contributed by atoms with Gasteiger partial charge in [0.15, 0.2) is 15.6 Å². The maximum atomic E-state index is 12.7. The summed E-state index contributed by atoms with van der Waals surface area (Å²) in [4.78, 5) is 15.0. The number of ketones is 1. The Morgan fingerprint density at radius 1 is 0.935 bits per heavy atom. The van der Waals surface area contributed by atoms with Crippen LogP contribution in [0, 0.1) is 0 Å². The summed E-state index contributed by atoms with van der Waals surface area (Å²) >= 11 is 0. The molecule has 0 aromatic heterocycles. The Morgan fingerprint density at radius 3 is 1.97 bits per heavy atom. The average molecular weight is 444 g/mol. The summed E-state index contributed by atoms with van der Waals surface area (Å²) in [6, 6.07) is 15.1. The molecule has 1 fully saturated rings. The van der Waals surface area contributed by atoms with Gasteiger partial charge in [-0.2, -0.15) is 0 Å². The first-order chi connectivity index (χ1) is 14.4. The van der Waals surface area contributed by atoms with Crippen molar-refractivity contribution in [2.45, 2.75) is 63.7 Å². The third-order valence-corrected chi connectivity index (χ3v) is 8.23. The fraction of sp³-hybridized carbons (Fsp3) is 0.480. The second-order valence-corrected chi connectivity index (χ2v) is 12.2. The Morgan fingerprint density at radius 2 is 1.45 bits per heavy atom. The van der Waals surface area contributed by atoms with E-state index >= 15 is 0 Å². The molecule has 3 rings (SSSR count). The smallest absolute Gasteiger partial charge is 0.167 e. The zero-order valence-electron chi connectivity index (χ0n) is 19.1. The largest absolute Gasteiger partial charge is 0.372 e. The minimum Gasteiger partial charge on any atom is -0.372 e. The Hall–Kier alpha value is -2.18. The molecule has 0 N–H and O–H groups in total. The number of carbonyl (C=O) groups is 1. The minimum atomic E-state index is -3.25. The van der Waals surface area contributed by atoms with E-state index in [0.717, 1.165) is 24.3 Å². The fourth-order valence-electron chi connectivity index (χ4n) is 3.72. The van der Waals surface area contributed by atoms with E-state index in [-0.39, 0.29) is 23.7 Å². The molecule has 2 atom stereocenters. The lowest BCUT2D eigenvalue weighted by atomic mass is 10.0. The molecule has 168 valence electrons. The number of hydrogen-bond donors (Lipinski definition) is 0. The second-order valence-electron chi connectivity index (χ2n) is 9.50. The van der Waals surface area contributed by atoms with E-state index in [1.165, 1.54) is 0 Å². The van der Waals surface area contributed by atoms with Crippen LogP contribution in [0.2, 0.25) is 0 Å². The van der Waals surface area contributed by atoms with Gasteiger partial charge in [-0.3, -0.25) is 4.79 Å². The predicted octanol–water partition coefficient (Wildman–Crippen LogP) is 4.44. The number of nitrogens with zero attached hydrogens (tertiary/aromatic N) is 1. The van der Waals surface area contributed by atoms with Crippen LogP contribution in [-0.4, -0.2) is 44.2 Å². The molecule has 1 saturated heterocycles. The number of Topliss-reactive ketones (excluding diaryl/α,β-unsaturated/α-hetero) is 1. The Balaban J connectivity index is 1.62. The number of hydrogen-bond acceptors (Lipinski definition) is 5. The Bertz CT molecular complexity index is 995. The van der Waals surface area contributed by atoms with Crippen LogP contribution in [0.5, 0.6) is 0 Å². The van der Waals surface area contributed by atoms with Gasteiger partial charge in [-0.1, -0.05) is 36.4 Å². The maximum Gasteiger partial charge on any atom is 0.167 e. The molecule has 0 amide bonds. The van der Waals surface area contributed by atoms with Crippen molar-refractivity contribution in [1.29, 1.82) is 0 Å². The molecule has 1 aliphatic rings. The first-order valence-corrected chi connectivity index (χ1v) is 12.4. The number of carbonyl (C=O) groups excluding carboxylic acids is 1. The van der Waals surface area contributed by atoms with Crippen LogP contribution in [0.3, 0.4) is 0 Å². The molecule has 5 nitrogen and oxygen atoms in total. The van der Waals surface area contributed by atoms with Gasteiger partial charge in [-0.15, -0.1) is 0 Å². The first kappa shape index (κ1) is 23.5. The molecule has 0 radical (unpaired) electrons. The van der Waals surface area contributed by atoms with E-state index in [1.54, 1.807) is 45.0 Å². The van der Waals surface area contributed by atoms with E-state index < -0.39 is 14.6 Å². The highest BCUT2D eigenvalue weighted by molar-refractivity contribution is 7.91. The molecule has 1 heterocycles. The average Bonchev–Trinajstić information content (AvgIpc) is 2.67. The van der Waals surface area contributed by atoms with Gasteiger partial charge in [0, 0.05) is 30.8 Å². The molecule has 0 bridgehead atoms. The van der Waals surface area contributed by atoms with Gasteiger partial charge >= 0.3 is 0 Å². The molecular formula is C25H33NO4S. The zero-order valence-corrected chi connectivity index (χ0v) is 19.9. The lowest BCUT2D eigenvalue weighted by molar-refractivity contribution is -0.00521. The fourth-order valence-corrected chi connectivity index (χ4v) is 4.79. The molecule has 1 aliphatic heterocycles. The van der Waals surface area contributed by atoms with E-state index in [2.05, 4.69) is 30.9 Å². The molecule has 2 aromatic rings. The van der Waals surface area contributed by atoms with Crippen molar-refractivity contribution >= 4 is 21.3 Å². The summed E-state index contributed by atoms with van der Waals surface area (Å²) in [7, 11) is -3.25. The standard InChI is InChI=1S/C25H33NO4S/c1-18-15-26(16-19(2)30-18)23-12-8-20(9-13-23)14-24(27)22-10-6-21(7-11-22)17-31(28,29)25(3,4)5/h6-13,18-19H,14-17H2,1-5H3/t18-,19+. The number of rotatable bonds is 6. The van der Waals surface area contributed by atoms with Crippen LogP contribution >= 0.6 is 0 Å². The molecule has 0 saturated carbocycles. The van der Waals surface area contributed by atoms with Gasteiger partial charge in [0.05, 0.1) is 22.7 Å². The third-order valence-electron chi connectivity index (χ3n) is 5.65. The van der Waals surface area contributed by atoms with Gasteiger partial charge in [0.25, 0.3) is 0 Å². The van der Waals surface area contributed by atoms with E-state index in [4.69, 9.17) is 4.74 Å². The predicted molar refractivity (Wildman–Crippen MR) is 126 cm³/mol. The second kappa shape index (κ2) is 9.13. The van der Waals surface area contributed by atoms with Crippen molar-refractivity contribution in [3.05, 3.63) is 65.2 Å². The summed E-state index contributed by atoms with van der Waals surface area (Å²) in [6.45, 7) is 11.0. The van der Waals surface area contributed by atoms with E-state index in [9.17, 15) is 13.2 Å². The van der Waals surface area contributed by atoms with E-state index in [1.807, 2.05) is 12.1 Å². The van der Waals surface area contributed by atoms with Gasteiger partial charge < -0.3 is 9.64 Å². The van der Waals surface area contributed by atoms with Crippen LogP contribution in [0.4, 0.5) is 5.69 Å². The quantitative estimate of drug-likeness (QED) is 0.618. The van der Waals surface area contributed by atoms with Gasteiger partial charge in [0.1, 0.15) is 0 Å². The van der Waals surface area contributed by atoms with Crippen LogP contribution in [0.15, 0.2) is 48.5 Å². The highest BCUT2D eigenvalue weighted by Gasteiger charge is 2.29. The lowest BCUT2D eigenvalue weighted by Gasteiger charge is -2.36. The SMILES string of the molecule is C[C@@H]1CN(c2ccc(CC(=O)c3ccc(CS(=O)(=O)C(C)(C)C)cc3)cc2)C[C@H](C)O1. The normalized spacial score (nSPS) is 20.0. The summed E-state index contributed by atoms with van der Waals surface area (Å²) < 4.78 is 29.8. The number of ether oxygens (including phenoxy) is 1. The molecule has 2 aromatic carbocycles. The van der Waals surface area contributed by atoms with Gasteiger partial charge in [0.2, 0.25) is 0 Å². The zero-order chi connectivity index (χ0) is 22.8. The number of benzene rings is 2. The van der Waals surface area contributed by atoms with Gasteiger partial charge in [-0.05, 0) is 57.9 Å². The number of morpholine rings is 1. The Labute approximate surface area is 186 Å². The molecule has 6 heteroatoms. The highest BCUT2D eigenvalue weighted by atomic mass is 32.2. The third kappa shape index (κ3) is 5.95. The topological polar surface area (TPSA) is 63.7 Å². The van der Waals surface area contributed by atoms with Crippen molar-refractivity contribution in [3.63, 3.8) is 0 Å². The lowest BCUT2D eigenvalue weighted by Crippen LogP contribution is -2.45. The molecule has 31 heavy (non-hydrogen) atoms.